The first kappa shape index (κ1) is 10.6. The number of aromatic nitrogens is 2. The highest BCUT2D eigenvalue weighted by Gasteiger charge is 2.23. The third-order valence-electron chi connectivity index (χ3n) is 1.89. The summed E-state index contributed by atoms with van der Waals surface area (Å²) in [4.78, 5) is 20.3. The van der Waals surface area contributed by atoms with Gasteiger partial charge in [0.2, 0.25) is 5.89 Å². The highest BCUT2D eigenvalue weighted by Crippen LogP contribution is 2.13. The van der Waals surface area contributed by atoms with Gasteiger partial charge in [-0.25, -0.2) is 5.06 Å². The smallest absolute Gasteiger partial charge is 0.256 e. The van der Waals surface area contributed by atoms with Crippen molar-refractivity contribution in [2.24, 2.45) is 0 Å². The van der Waals surface area contributed by atoms with Crippen LogP contribution in [0.5, 0.6) is 0 Å². The average Bonchev–Trinajstić information content (AvgIpc) is 2.61. The average molecular weight is 199 g/mol. The molecule has 6 nitrogen and oxygen atoms in total. The fraction of sp³-hybridized carbons (Fsp3) is 0.625. The van der Waals surface area contributed by atoms with Crippen molar-refractivity contribution in [3.05, 3.63) is 11.7 Å². The molecule has 0 saturated carbocycles. The van der Waals surface area contributed by atoms with E-state index in [4.69, 9.17) is 9.36 Å². The number of carbonyl (C=O) groups excluding carboxylic acids is 1. The second-order valence-electron chi connectivity index (χ2n) is 2.91. The van der Waals surface area contributed by atoms with Gasteiger partial charge in [-0.15, -0.1) is 0 Å². The highest BCUT2D eigenvalue weighted by atomic mass is 16.7. The summed E-state index contributed by atoms with van der Waals surface area (Å²) in [6.07, 6.45) is 0. The Morgan fingerprint density at radius 3 is 2.71 bits per heavy atom. The van der Waals surface area contributed by atoms with Gasteiger partial charge in [-0.05, 0) is 6.92 Å². The van der Waals surface area contributed by atoms with E-state index < -0.39 is 5.92 Å². The van der Waals surface area contributed by atoms with Crippen molar-refractivity contribution in [1.29, 1.82) is 0 Å². The molecule has 0 saturated heterocycles. The third kappa shape index (κ3) is 2.08. The third-order valence-corrected chi connectivity index (χ3v) is 1.89. The molecule has 1 aromatic heterocycles. The monoisotopic (exact) mass is 199 g/mol. The second kappa shape index (κ2) is 4.19. The molecule has 0 radical (unpaired) electrons. The predicted molar refractivity (Wildman–Crippen MR) is 47.2 cm³/mol. The molecule has 0 aliphatic rings. The molecule has 1 unspecified atom stereocenters. The number of hydrogen-bond donors (Lipinski definition) is 0. The van der Waals surface area contributed by atoms with Crippen LogP contribution in [0.4, 0.5) is 0 Å². The lowest BCUT2D eigenvalue weighted by Gasteiger charge is -2.16. The van der Waals surface area contributed by atoms with Crippen molar-refractivity contribution in [2.45, 2.75) is 19.8 Å². The van der Waals surface area contributed by atoms with Gasteiger partial charge in [0, 0.05) is 14.0 Å². The molecule has 0 aromatic carbocycles. The van der Waals surface area contributed by atoms with Crippen LogP contribution in [0.15, 0.2) is 4.52 Å². The summed E-state index contributed by atoms with van der Waals surface area (Å²) in [6, 6.07) is 0. The zero-order valence-corrected chi connectivity index (χ0v) is 8.64. The summed E-state index contributed by atoms with van der Waals surface area (Å²) in [6.45, 7) is 3.37. The lowest BCUT2D eigenvalue weighted by atomic mass is 10.1. The number of carbonyl (C=O) groups is 1. The van der Waals surface area contributed by atoms with E-state index in [2.05, 4.69) is 10.1 Å². The number of hydrogen-bond acceptors (Lipinski definition) is 5. The first-order valence-corrected chi connectivity index (χ1v) is 4.18. The maximum Gasteiger partial charge on any atom is 0.256 e. The minimum atomic E-state index is -0.461. The van der Waals surface area contributed by atoms with Crippen LogP contribution in [0, 0.1) is 6.92 Å². The quantitative estimate of drug-likeness (QED) is 0.663. The summed E-state index contributed by atoms with van der Waals surface area (Å²) in [5.41, 5.74) is 0. The van der Waals surface area contributed by atoms with E-state index in [1.54, 1.807) is 13.8 Å². The molecule has 0 aliphatic carbocycles. The zero-order valence-electron chi connectivity index (χ0n) is 8.64. The van der Waals surface area contributed by atoms with Gasteiger partial charge >= 0.3 is 0 Å². The Morgan fingerprint density at radius 2 is 2.29 bits per heavy atom. The van der Waals surface area contributed by atoms with Gasteiger partial charge in [-0.2, -0.15) is 4.98 Å². The molecular weight excluding hydrogens is 186 g/mol. The van der Waals surface area contributed by atoms with Crippen LogP contribution in [0.2, 0.25) is 0 Å². The second-order valence-corrected chi connectivity index (χ2v) is 2.91. The number of likely N-dealkylation sites (N-methyl/N-ethyl adjacent to an activating group) is 1. The number of rotatable bonds is 3. The van der Waals surface area contributed by atoms with Crippen LogP contribution in [0.1, 0.15) is 24.6 Å². The van der Waals surface area contributed by atoms with E-state index >= 15 is 0 Å². The Labute approximate surface area is 81.8 Å². The lowest BCUT2D eigenvalue weighted by Crippen LogP contribution is -2.30. The van der Waals surface area contributed by atoms with Crippen molar-refractivity contribution < 1.29 is 14.2 Å². The van der Waals surface area contributed by atoms with Gasteiger partial charge in [0.15, 0.2) is 5.82 Å². The van der Waals surface area contributed by atoms with Crippen molar-refractivity contribution in [2.75, 3.05) is 14.2 Å². The summed E-state index contributed by atoms with van der Waals surface area (Å²) in [7, 11) is 2.96. The normalized spacial score (nSPS) is 12.6. The minimum Gasteiger partial charge on any atom is -0.340 e. The Morgan fingerprint density at radius 1 is 1.64 bits per heavy atom. The van der Waals surface area contributed by atoms with Crippen molar-refractivity contribution in [3.8, 4) is 0 Å². The van der Waals surface area contributed by atoms with Gasteiger partial charge in [-0.1, -0.05) is 5.16 Å². The van der Waals surface area contributed by atoms with Crippen molar-refractivity contribution in [3.63, 3.8) is 0 Å². The predicted octanol–water partition coefficient (Wildman–Crippen LogP) is 0.501. The van der Waals surface area contributed by atoms with Gasteiger partial charge in [0.05, 0.1) is 7.11 Å². The highest BCUT2D eigenvalue weighted by molar-refractivity contribution is 5.81. The van der Waals surface area contributed by atoms with Crippen molar-refractivity contribution >= 4 is 5.91 Å². The molecule has 1 aromatic rings. The van der Waals surface area contributed by atoms with E-state index in [1.165, 1.54) is 14.2 Å². The maximum atomic E-state index is 11.6. The first-order valence-electron chi connectivity index (χ1n) is 4.18. The largest absolute Gasteiger partial charge is 0.340 e. The fourth-order valence-corrected chi connectivity index (χ4v) is 0.964. The Bertz CT molecular complexity index is 323. The van der Waals surface area contributed by atoms with Gasteiger partial charge in [0.1, 0.15) is 5.92 Å². The minimum absolute atomic E-state index is 0.215. The zero-order chi connectivity index (χ0) is 10.7. The molecule has 1 atom stereocenters. The van der Waals surface area contributed by atoms with E-state index in [1.807, 2.05) is 0 Å². The van der Waals surface area contributed by atoms with Gasteiger partial charge < -0.3 is 4.52 Å². The van der Waals surface area contributed by atoms with Crippen LogP contribution in [-0.2, 0) is 9.63 Å². The topological polar surface area (TPSA) is 68.5 Å². The number of amides is 1. The van der Waals surface area contributed by atoms with Gasteiger partial charge in [-0.3, -0.25) is 9.63 Å². The van der Waals surface area contributed by atoms with Crippen LogP contribution in [0.3, 0.4) is 0 Å². The molecule has 0 fully saturated rings. The van der Waals surface area contributed by atoms with Gasteiger partial charge in [0.25, 0.3) is 5.91 Å². The van der Waals surface area contributed by atoms with Crippen LogP contribution in [-0.4, -0.2) is 35.3 Å². The van der Waals surface area contributed by atoms with Crippen LogP contribution >= 0.6 is 0 Å². The van der Waals surface area contributed by atoms with Crippen LogP contribution in [0.25, 0.3) is 0 Å². The molecule has 0 bridgehead atoms. The molecule has 0 spiro atoms. The summed E-state index contributed by atoms with van der Waals surface area (Å²) >= 11 is 0. The summed E-state index contributed by atoms with van der Waals surface area (Å²) < 4.78 is 4.78. The number of hydroxylamine groups is 2. The molecule has 78 valence electrons. The Hall–Kier alpha value is -1.43. The molecular formula is C8H13N3O3. The van der Waals surface area contributed by atoms with E-state index in [9.17, 15) is 4.79 Å². The van der Waals surface area contributed by atoms with Crippen molar-refractivity contribution in [1.82, 2.24) is 15.2 Å². The Kier molecular flexibility index (Phi) is 3.19. The first-order chi connectivity index (χ1) is 6.56. The Balaban J connectivity index is 2.75. The SMILES string of the molecule is CON(C)C(=O)C(C)c1noc(C)n1. The standard InChI is InChI=1S/C8H13N3O3/c1-5(8(12)11(3)13-4)7-9-6(2)14-10-7/h5H,1-4H3. The van der Waals surface area contributed by atoms with E-state index in [0.29, 0.717) is 11.7 Å². The molecule has 1 amide bonds. The molecule has 14 heavy (non-hydrogen) atoms. The molecule has 1 rings (SSSR count). The molecule has 0 N–H and O–H groups in total. The number of aryl methyl sites for hydroxylation is 1. The summed E-state index contributed by atoms with van der Waals surface area (Å²) in [5.74, 6) is 0.141. The molecule has 1 heterocycles. The van der Waals surface area contributed by atoms with E-state index in [0.717, 1.165) is 5.06 Å². The number of nitrogens with zero attached hydrogens (tertiary/aromatic N) is 3. The lowest BCUT2D eigenvalue weighted by molar-refractivity contribution is -0.170. The molecule has 6 heteroatoms. The fourth-order valence-electron chi connectivity index (χ4n) is 0.964. The summed E-state index contributed by atoms with van der Waals surface area (Å²) in [5, 5.41) is 4.80. The van der Waals surface area contributed by atoms with E-state index in [-0.39, 0.29) is 5.91 Å². The maximum absolute atomic E-state index is 11.6. The van der Waals surface area contributed by atoms with Crippen LogP contribution < -0.4 is 0 Å². The molecule has 0 aliphatic heterocycles.